The second kappa shape index (κ2) is 9.12. The highest BCUT2D eigenvalue weighted by Crippen LogP contribution is 2.28. The zero-order valence-electron chi connectivity index (χ0n) is 18.9. The third kappa shape index (κ3) is 5.34. The molecule has 0 bridgehead atoms. The number of nitrogens with one attached hydrogen (secondary N) is 1. The van der Waals surface area contributed by atoms with Gasteiger partial charge in [-0.2, -0.15) is 0 Å². The van der Waals surface area contributed by atoms with Gasteiger partial charge in [-0.25, -0.2) is 14.6 Å². The van der Waals surface area contributed by atoms with Crippen LogP contribution in [0.5, 0.6) is 5.75 Å². The van der Waals surface area contributed by atoms with E-state index in [0.717, 1.165) is 5.69 Å². The maximum absolute atomic E-state index is 13.0. The molecular weight excluding hydrogens is 432 g/mol. The first-order chi connectivity index (χ1) is 15.0. The van der Waals surface area contributed by atoms with Crippen LogP contribution < -0.4 is 15.5 Å². The van der Waals surface area contributed by atoms with Crippen LogP contribution in [0.3, 0.4) is 0 Å². The maximum Gasteiger partial charge on any atom is 0.408 e. The number of thiazole rings is 1. The van der Waals surface area contributed by atoms with Crippen molar-refractivity contribution in [1.82, 2.24) is 10.3 Å². The molecule has 0 spiro atoms. The van der Waals surface area contributed by atoms with Crippen LogP contribution in [-0.2, 0) is 16.0 Å². The largest absolute Gasteiger partial charge is 0.463 e. The van der Waals surface area contributed by atoms with E-state index in [0.29, 0.717) is 33.5 Å². The minimum absolute atomic E-state index is 0.201. The summed E-state index contributed by atoms with van der Waals surface area (Å²) < 4.78 is 16.4. The Hall–Kier alpha value is -3.20. The van der Waals surface area contributed by atoms with Gasteiger partial charge in [-0.1, -0.05) is 6.92 Å². The van der Waals surface area contributed by atoms with E-state index in [1.807, 2.05) is 19.2 Å². The molecular formula is C23H26N2O6S. The van der Waals surface area contributed by atoms with Gasteiger partial charge in [0.05, 0.1) is 10.9 Å². The van der Waals surface area contributed by atoms with Crippen LogP contribution in [0.25, 0.3) is 21.5 Å². The number of rotatable bonds is 5. The molecule has 32 heavy (non-hydrogen) atoms. The Morgan fingerprint density at radius 1 is 1.28 bits per heavy atom. The number of amides is 1. The standard InChI is InChI=1S/C23H26N2O6S/c1-7-14-8-15-18(29-10-16(19(15)26)20-24-12(2)11-32-20)9-17(14)30-21(27)13(3)25-22(28)31-23(4,5)6/h8-11,13H,7H2,1-6H3,(H,25,28)/t13-/m1/s1. The fraction of sp³-hybridized carbons (Fsp3) is 0.391. The second-order valence-corrected chi connectivity index (χ2v) is 9.23. The summed E-state index contributed by atoms with van der Waals surface area (Å²) >= 11 is 1.37. The molecule has 170 valence electrons. The molecule has 0 radical (unpaired) electrons. The average Bonchev–Trinajstić information content (AvgIpc) is 3.12. The lowest BCUT2D eigenvalue weighted by molar-refractivity contribution is -0.136. The zero-order valence-corrected chi connectivity index (χ0v) is 19.7. The minimum Gasteiger partial charge on any atom is -0.463 e. The molecule has 0 aliphatic rings. The van der Waals surface area contributed by atoms with Gasteiger partial charge < -0.3 is 19.2 Å². The normalized spacial score (nSPS) is 12.4. The molecule has 1 atom stereocenters. The third-order valence-corrected chi connectivity index (χ3v) is 5.48. The first-order valence-corrected chi connectivity index (χ1v) is 11.1. The van der Waals surface area contributed by atoms with Crippen LogP contribution >= 0.6 is 11.3 Å². The molecule has 0 unspecified atom stereocenters. The first-order valence-electron chi connectivity index (χ1n) is 10.2. The van der Waals surface area contributed by atoms with Crippen molar-refractivity contribution in [2.24, 2.45) is 0 Å². The lowest BCUT2D eigenvalue weighted by atomic mass is 10.1. The smallest absolute Gasteiger partial charge is 0.408 e. The van der Waals surface area contributed by atoms with Crippen molar-refractivity contribution in [1.29, 1.82) is 0 Å². The van der Waals surface area contributed by atoms with Crippen LogP contribution in [0.4, 0.5) is 4.79 Å². The summed E-state index contributed by atoms with van der Waals surface area (Å²) in [5.74, 6) is -0.397. The number of aryl methyl sites for hydroxylation is 2. The summed E-state index contributed by atoms with van der Waals surface area (Å²) in [4.78, 5) is 41.8. The maximum atomic E-state index is 13.0. The predicted molar refractivity (Wildman–Crippen MR) is 122 cm³/mol. The molecule has 8 nitrogen and oxygen atoms in total. The lowest BCUT2D eigenvalue weighted by Gasteiger charge is -2.21. The number of alkyl carbamates (subject to hydrolysis) is 1. The number of hydrogen-bond donors (Lipinski definition) is 1. The van der Waals surface area contributed by atoms with E-state index in [4.69, 9.17) is 13.9 Å². The molecule has 9 heteroatoms. The predicted octanol–water partition coefficient (Wildman–Crippen LogP) is 4.61. The van der Waals surface area contributed by atoms with Crippen molar-refractivity contribution in [2.45, 2.75) is 59.6 Å². The van der Waals surface area contributed by atoms with Gasteiger partial charge in [0.15, 0.2) is 0 Å². The number of carbonyl (C=O) groups is 2. The monoisotopic (exact) mass is 458 g/mol. The third-order valence-electron chi connectivity index (χ3n) is 4.48. The van der Waals surface area contributed by atoms with Gasteiger partial charge in [0.1, 0.15) is 34.2 Å². The number of fused-ring (bicyclic) bond motifs is 1. The molecule has 1 aromatic carbocycles. The summed E-state index contributed by atoms with van der Waals surface area (Å²) in [6.07, 6.45) is 1.17. The number of ether oxygens (including phenoxy) is 2. The van der Waals surface area contributed by atoms with Crippen molar-refractivity contribution in [3.8, 4) is 16.3 Å². The summed E-state index contributed by atoms with van der Waals surface area (Å²) in [6, 6.07) is 2.25. The van der Waals surface area contributed by atoms with Crippen molar-refractivity contribution in [3.63, 3.8) is 0 Å². The van der Waals surface area contributed by atoms with Crippen LogP contribution in [0, 0.1) is 6.92 Å². The van der Waals surface area contributed by atoms with E-state index < -0.39 is 23.7 Å². The van der Waals surface area contributed by atoms with Crippen LogP contribution in [0.1, 0.15) is 45.9 Å². The van der Waals surface area contributed by atoms with Gasteiger partial charge in [-0.3, -0.25) is 4.79 Å². The molecule has 1 N–H and O–H groups in total. The van der Waals surface area contributed by atoms with E-state index in [-0.39, 0.29) is 11.2 Å². The van der Waals surface area contributed by atoms with E-state index in [1.54, 1.807) is 26.8 Å². The van der Waals surface area contributed by atoms with Crippen molar-refractivity contribution < 1.29 is 23.5 Å². The Kier molecular flexibility index (Phi) is 6.68. The molecule has 0 aliphatic heterocycles. The van der Waals surface area contributed by atoms with Crippen LogP contribution in [-0.4, -0.2) is 28.7 Å². The summed E-state index contributed by atoms with van der Waals surface area (Å²) in [7, 11) is 0. The van der Waals surface area contributed by atoms with Crippen molar-refractivity contribution in [3.05, 3.63) is 45.3 Å². The molecule has 3 rings (SSSR count). The molecule has 2 heterocycles. The van der Waals surface area contributed by atoms with Gasteiger partial charge in [-0.05, 0) is 52.7 Å². The summed E-state index contributed by atoms with van der Waals surface area (Å²) in [6.45, 7) is 10.4. The molecule has 3 aromatic rings. The average molecular weight is 459 g/mol. The van der Waals surface area contributed by atoms with E-state index in [9.17, 15) is 14.4 Å². The topological polar surface area (TPSA) is 108 Å². The number of nitrogens with zero attached hydrogens (tertiary/aromatic N) is 1. The highest BCUT2D eigenvalue weighted by Gasteiger charge is 2.23. The molecule has 0 fully saturated rings. The van der Waals surface area contributed by atoms with Crippen molar-refractivity contribution in [2.75, 3.05) is 0 Å². The highest BCUT2D eigenvalue weighted by atomic mass is 32.1. The fourth-order valence-electron chi connectivity index (χ4n) is 2.94. The van der Waals surface area contributed by atoms with Gasteiger partial charge >= 0.3 is 12.1 Å². The van der Waals surface area contributed by atoms with Gasteiger partial charge in [0, 0.05) is 17.1 Å². The van der Waals surface area contributed by atoms with Gasteiger partial charge in [0.2, 0.25) is 5.43 Å². The SMILES string of the molecule is CCc1cc2c(=O)c(-c3nc(C)cs3)coc2cc1OC(=O)[C@@H](C)NC(=O)OC(C)(C)C. The molecule has 1 amide bonds. The Balaban J connectivity index is 1.86. The fourth-order valence-corrected chi connectivity index (χ4v) is 3.74. The highest BCUT2D eigenvalue weighted by molar-refractivity contribution is 7.13. The number of benzene rings is 1. The Labute approximate surface area is 189 Å². The van der Waals surface area contributed by atoms with E-state index >= 15 is 0 Å². The first kappa shape index (κ1) is 23.5. The lowest BCUT2D eigenvalue weighted by Crippen LogP contribution is -2.43. The number of carbonyl (C=O) groups excluding carboxylic acids is 2. The van der Waals surface area contributed by atoms with E-state index in [1.165, 1.54) is 30.6 Å². The Bertz CT molecular complexity index is 1220. The molecule has 0 saturated carbocycles. The van der Waals surface area contributed by atoms with E-state index in [2.05, 4.69) is 10.3 Å². The minimum atomic E-state index is -0.937. The van der Waals surface area contributed by atoms with Crippen molar-refractivity contribution >= 4 is 34.4 Å². The summed E-state index contributed by atoms with van der Waals surface area (Å²) in [5.41, 5.74) is 1.28. The number of aromatic nitrogens is 1. The Morgan fingerprint density at radius 3 is 2.59 bits per heavy atom. The molecule has 0 aliphatic carbocycles. The number of esters is 1. The quantitative estimate of drug-likeness (QED) is 0.439. The Morgan fingerprint density at radius 2 is 2.00 bits per heavy atom. The molecule has 0 saturated heterocycles. The molecule has 2 aromatic heterocycles. The van der Waals surface area contributed by atoms with Crippen LogP contribution in [0.2, 0.25) is 0 Å². The van der Waals surface area contributed by atoms with Gasteiger partial charge in [-0.15, -0.1) is 11.3 Å². The van der Waals surface area contributed by atoms with Crippen LogP contribution in [0.15, 0.2) is 33.0 Å². The van der Waals surface area contributed by atoms with Gasteiger partial charge in [0.25, 0.3) is 0 Å². The summed E-state index contributed by atoms with van der Waals surface area (Å²) in [5, 5.41) is 5.29. The second-order valence-electron chi connectivity index (χ2n) is 8.37. The number of hydrogen-bond acceptors (Lipinski definition) is 8. The zero-order chi connectivity index (χ0) is 23.6.